The van der Waals surface area contributed by atoms with E-state index in [9.17, 15) is 9.59 Å². The predicted octanol–water partition coefficient (Wildman–Crippen LogP) is 4.94. The highest BCUT2D eigenvalue weighted by molar-refractivity contribution is 5.86. The Morgan fingerprint density at radius 2 is 1.81 bits per heavy atom. The zero-order valence-electron chi connectivity index (χ0n) is 17.1. The molecule has 0 aromatic carbocycles. The van der Waals surface area contributed by atoms with Crippen LogP contribution in [0.4, 0.5) is 0 Å². The lowest BCUT2D eigenvalue weighted by molar-refractivity contribution is -0.140. The van der Waals surface area contributed by atoms with E-state index in [0.29, 0.717) is 28.4 Å². The van der Waals surface area contributed by atoms with Gasteiger partial charge in [-0.1, -0.05) is 26.7 Å². The maximum atomic E-state index is 12.0. The summed E-state index contributed by atoms with van der Waals surface area (Å²) in [4.78, 5) is 22.9. The summed E-state index contributed by atoms with van der Waals surface area (Å²) in [6.45, 7) is 7.10. The molecule has 4 rings (SSSR count). The first kappa shape index (κ1) is 19.0. The number of rotatable bonds is 1. The highest BCUT2D eigenvalue weighted by Crippen LogP contribution is 2.67. The molecule has 1 unspecified atom stereocenters. The van der Waals surface area contributed by atoms with Gasteiger partial charge in [0.05, 0.1) is 0 Å². The number of carbonyl (C=O) groups excluding carboxylic acids is 1. The molecule has 3 nitrogen and oxygen atoms in total. The first-order chi connectivity index (χ1) is 12.8. The van der Waals surface area contributed by atoms with Crippen LogP contribution in [0.25, 0.3) is 0 Å². The fourth-order valence-corrected chi connectivity index (χ4v) is 8.18. The van der Waals surface area contributed by atoms with Crippen molar-refractivity contribution in [1.29, 1.82) is 0 Å². The average molecular weight is 371 g/mol. The summed E-state index contributed by atoms with van der Waals surface area (Å²) in [5.41, 5.74) is 0.673. The Bertz CT molecular complexity index is 700. The second-order valence-electron chi connectivity index (χ2n) is 10.5. The van der Waals surface area contributed by atoms with Crippen LogP contribution >= 0.6 is 0 Å². The van der Waals surface area contributed by atoms with Crippen LogP contribution in [0.15, 0.2) is 0 Å². The number of hydrogen-bond acceptors (Lipinski definition) is 2. The Morgan fingerprint density at radius 1 is 1.07 bits per heavy atom. The van der Waals surface area contributed by atoms with Crippen molar-refractivity contribution in [2.24, 2.45) is 46.3 Å². The van der Waals surface area contributed by atoms with Crippen molar-refractivity contribution >= 4 is 11.8 Å². The molecule has 0 amide bonds. The van der Waals surface area contributed by atoms with E-state index in [1.54, 1.807) is 0 Å². The van der Waals surface area contributed by atoms with Gasteiger partial charge in [0, 0.05) is 24.7 Å². The summed E-state index contributed by atoms with van der Waals surface area (Å²) < 4.78 is 0. The fourth-order valence-electron chi connectivity index (χ4n) is 8.18. The van der Waals surface area contributed by atoms with Gasteiger partial charge in [-0.2, -0.15) is 0 Å². The molecule has 148 valence electrons. The van der Waals surface area contributed by atoms with Gasteiger partial charge < -0.3 is 5.11 Å². The van der Waals surface area contributed by atoms with Gasteiger partial charge in [0.2, 0.25) is 0 Å². The normalized spacial score (nSPS) is 47.1. The minimum atomic E-state index is -1.01. The first-order valence-corrected chi connectivity index (χ1v) is 11.0. The molecule has 0 aliphatic heterocycles. The van der Waals surface area contributed by atoms with E-state index in [-0.39, 0.29) is 5.92 Å². The summed E-state index contributed by atoms with van der Waals surface area (Å²) in [5.74, 6) is 8.50. The first-order valence-electron chi connectivity index (χ1n) is 11.0. The molecule has 1 N–H and O–H groups in total. The van der Waals surface area contributed by atoms with E-state index in [1.807, 2.05) is 0 Å². The zero-order valence-corrected chi connectivity index (χ0v) is 17.1. The third kappa shape index (κ3) is 2.95. The Labute approximate surface area is 163 Å². The second kappa shape index (κ2) is 6.64. The van der Waals surface area contributed by atoms with Gasteiger partial charge in [-0.05, 0) is 85.4 Å². The quantitative estimate of drug-likeness (QED) is 0.665. The number of carboxylic acids is 1. The zero-order chi connectivity index (χ0) is 19.4. The number of hydrogen-bond donors (Lipinski definition) is 1. The largest absolute Gasteiger partial charge is 0.472 e. The molecule has 0 spiro atoms. The highest BCUT2D eigenvalue weighted by Gasteiger charge is 2.60. The standard InChI is InChI=1S/C24H34O3/c1-15(4-9-22(26)27)19-7-8-20-18-6-5-16-14-17(25)10-12-23(16,2)21(18)11-13-24(19,20)3/h15-16,18-21H,5-8,10-14H2,1-3H3,(H,26,27)/t15-,16?,18+,19-,20+,21+,23+,24-/m1/s1. The smallest absolute Gasteiger partial charge is 0.381 e. The molecule has 0 saturated heterocycles. The monoisotopic (exact) mass is 370 g/mol. The van der Waals surface area contributed by atoms with Gasteiger partial charge in [-0.25, -0.2) is 4.79 Å². The summed E-state index contributed by atoms with van der Waals surface area (Å²) >= 11 is 0. The van der Waals surface area contributed by atoms with E-state index >= 15 is 0 Å². The molecule has 27 heavy (non-hydrogen) atoms. The van der Waals surface area contributed by atoms with Crippen molar-refractivity contribution < 1.29 is 14.7 Å². The molecule has 4 fully saturated rings. The Morgan fingerprint density at radius 3 is 2.56 bits per heavy atom. The third-order valence-electron chi connectivity index (χ3n) is 9.57. The van der Waals surface area contributed by atoms with Crippen molar-refractivity contribution in [3.8, 4) is 11.8 Å². The number of ketones is 1. The number of carboxylic acid groups (broad SMARTS) is 1. The molecule has 0 aromatic rings. The van der Waals surface area contributed by atoms with Gasteiger partial charge in [-0.3, -0.25) is 4.79 Å². The molecule has 0 heterocycles. The molecule has 4 saturated carbocycles. The molecule has 0 aromatic heterocycles. The van der Waals surface area contributed by atoms with Gasteiger partial charge >= 0.3 is 5.97 Å². The number of aliphatic carboxylic acids is 1. The van der Waals surface area contributed by atoms with Crippen LogP contribution in [-0.2, 0) is 9.59 Å². The van der Waals surface area contributed by atoms with Crippen LogP contribution in [0.5, 0.6) is 0 Å². The molecular formula is C24H34O3. The maximum Gasteiger partial charge on any atom is 0.381 e. The van der Waals surface area contributed by atoms with Crippen molar-refractivity contribution in [1.82, 2.24) is 0 Å². The van der Waals surface area contributed by atoms with Crippen molar-refractivity contribution in [3.05, 3.63) is 0 Å². The predicted molar refractivity (Wildman–Crippen MR) is 105 cm³/mol. The molecular weight excluding hydrogens is 336 g/mol. The fraction of sp³-hybridized carbons (Fsp3) is 0.833. The minimum Gasteiger partial charge on any atom is -0.472 e. The van der Waals surface area contributed by atoms with Gasteiger partial charge in [0.25, 0.3) is 0 Å². The van der Waals surface area contributed by atoms with Gasteiger partial charge in [0.15, 0.2) is 0 Å². The molecule has 8 atom stereocenters. The van der Waals surface area contributed by atoms with E-state index in [2.05, 4.69) is 32.6 Å². The summed E-state index contributed by atoms with van der Waals surface area (Å²) in [7, 11) is 0. The van der Waals surface area contributed by atoms with E-state index in [4.69, 9.17) is 5.11 Å². The second-order valence-corrected chi connectivity index (χ2v) is 10.5. The molecule has 4 aliphatic rings. The number of fused-ring (bicyclic) bond motifs is 5. The summed E-state index contributed by atoms with van der Waals surface area (Å²) in [6.07, 6.45) is 10.3. The van der Waals surface area contributed by atoms with Crippen molar-refractivity contribution in [2.45, 2.75) is 78.6 Å². The van der Waals surface area contributed by atoms with E-state index in [0.717, 1.165) is 37.0 Å². The van der Waals surface area contributed by atoms with Crippen LogP contribution in [0.3, 0.4) is 0 Å². The lowest BCUT2D eigenvalue weighted by Crippen LogP contribution is -2.53. The Kier molecular flexibility index (Phi) is 4.68. The Balaban J connectivity index is 1.56. The van der Waals surface area contributed by atoms with Gasteiger partial charge in [0.1, 0.15) is 5.78 Å². The SMILES string of the molecule is C[C@H](C#CC(=O)O)[C@H]1CC[C@H]2[C@@H]3CCC4CC(=O)CC[C@]4(C)[C@H]3CC[C@]12C. The van der Waals surface area contributed by atoms with Crippen molar-refractivity contribution in [2.75, 3.05) is 0 Å². The number of Topliss-reactive ketones (excluding diaryl/α,β-unsaturated/α-hetero) is 1. The molecule has 3 heteroatoms. The van der Waals surface area contributed by atoms with Crippen LogP contribution in [-0.4, -0.2) is 16.9 Å². The number of carbonyl (C=O) groups is 2. The van der Waals surface area contributed by atoms with E-state index in [1.165, 1.54) is 38.5 Å². The minimum absolute atomic E-state index is 0.159. The molecule has 4 aliphatic carbocycles. The average Bonchev–Trinajstić information content (AvgIpc) is 2.97. The van der Waals surface area contributed by atoms with Crippen LogP contribution in [0, 0.1) is 58.2 Å². The lowest BCUT2D eigenvalue weighted by Gasteiger charge is -2.60. The lowest BCUT2D eigenvalue weighted by atomic mass is 9.44. The third-order valence-corrected chi connectivity index (χ3v) is 9.57. The topological polar surface area (TPSA) is 54.4 Å². The van der Waals surface area contributed by atoms with E-state index < -0.39 is 5.97 Å². The summed E-state index contributed by atoms with van der Waals surface area (Å²) in [6, 6.07) is 0. The molecule has 0 bridgehead atoms. The van der Waals surface area contributed by atoms with Crippen LogP contribution in [0.1, 0.15) is 78.6 Å². The molecule has 0 radical (unpaired) electrons. The highest BCUT2D eigenvalue weighted by atomic mass is 16.4. The summed E-state index contributed by atoms with van der Waals surface area (Å²) in [5, 5.41) is 8.92. The van der Waals surface area contributed by atoms with Crippen LogP contribution < -0.4 is 0 Å². The maximum absolute atomic E-state index is 12.0. The Hall–Kier alpha value is -1.30. The van der Waals surface area contributed by atoms with Gasteiger partial charge in [-0.15, -0.1) is 0 Å². The van der Waals surface area contributed by atoms with Crippen molar-refractivity contribution in [3.63, 3.8) is 0 Å². The van der Waals surface area contributed by atoms with Crippen LogP contribution in [0.2, 0.25) is 0 Å².